The van der Waals surface area contributed by atoms with Crippen LogP contribution < -0.4 is 10.6 Å². The summed E-state index contributed by atoms with van der Waals surface area (Å²) in [5.41, 5.74) is 4.02. The summed E-state index contributed by atoms with van der Waals surface area (Å²) < 4.78 is 0. The Morgan fingerprint density at radius 2 is 1.44 bits per heavy atom. The fourth-order valence-electron chi connectivity index (χ4n) is 4.45. The van der Waals surface area contributed by atoms with Gasteiger partial charge in [0.15, 0.2) is 0 Å². The fraction of sp³-hybridized carbons (Fsp3) is 0.286. The zero-order chi connectivity index (χ0) is 22.2. The SMILES string of the molecule is O=C(CC(c1ccccc1)c1ccccc1)NCc1cccc(NC(=O)C2CCCC2)c1. The van der Waals surface area contributed by atoms with Gasteiger partial charge in [0, 0.05) is 30.5 Å². The summed E-state index contributed by atoms with van der Waals surface area (Å²) in [6, 6.07) is 28.0. The van der Waals surface area contributed by atoms with Crippen LogP contribution in [0.5, 0.6) is 0 Å². The zero-order valence-corrected chi connectivity index (χ0v) is 18.3. The Balaban J connectivity index is 1.37. The Bertz CT molecular complexity index is 988. The molecule has 0 aliphatic heterocycles. The van der Waals surface area contributed by atoms with E-state index in [0.717, 1.165) is 48.1 Å². The molecule has 4 rings (SSSR count). The molecule has 4 heteroatoms. The smallest absolute Gasteiger partial charge is 0.227 e. The molecule has 1 saturated carbocycles. The molecule has 0 heterocycles. The Labute approximate surface area is 190 Å². The van der Waals surface area contributed by atoms with Crippen LogP contribution in [0.4, 0.5) is 5.69 Å². The van der Waals surface area contributed by atoms with Gasteiger partial charge in [0.1, 0.15) is 0 Å². The summed E-state index contributed by atoms with van der Waals surface area (Å²) in [7, 11) is 0. The van der Waals surface area contributed by atoms with E-state index in [1.807, 2.05) is 60.7 Å². The molecular formula is C28H30N2O2. The van der Waals surface area contributed by atoms with E-state index in [1.165, 1.54) is 0 Å². The molecule has 0 atom stereocenters. The van der Waals surface area contributed by atoms with Crippen molar-refractivity contribution < 1.29 is 9.59 Å². The van der Waals surface area contributed by atoms with Crippen LogP contribution in [0.3, 0.4) is 0 Å². The second-order valence-corrected chi connectivity index (χ2v) is 8.53. The first-order valence-corrected chi connectivity index (χ1v) is 11.5. The summed E-state index contributed by atoms with van der Waals surface area (Å²) in [6.45, 7) is 0.433. The molecule has 1 aliphatic carbocycles. The topological polar surface area (TPSA) is 58.2 Å². The van der Waals surface area contributed by atoms with Gasteiger partial charge in [-0.05, 0) is 41.7 Å². The molecule has 164 valence electrons. The van der Waals surface area contributed by atoms with Gasteiger partial charge >= 0.3 is 0 Å². The van der Waals surface area contributed by atoms with Crippen LogP contribution in [0, 0.1) is 5.92 Å². The van der Waals surface area contributed by atoms with E-state index in [2.05, 4.69) is 34.9 Å². The van der Waals surface area contributed by atoms with Crippen LogP contribution >= 0.6 is 0 Å². The average Bonchev–Trinajstić information content (AvgIpc) is 3.38. The number of carbonyl (C=O) groups is 2. The lowest BCUT2D eigenvalue weighted by Crippen LogP contribution is -2.25. The molecule has 1 aliphatic rings. The first kappa shape index (κ1) is 21.8. The van der Waals surface area contributed by atoms with Crippen LogP contribution in [0.15, 0.2) is 84.9 Å². The highest BCUT2D eigenvalue weighted by Crippen LogP contribution is 2.28. The normalized spacial score (nSPS) is 13.8. The first-order valence-electron chi connectivity index (χ1n) is 11.5. The van der Waals surface area contributed by atoms with Crippen LogP contribution in [0.25, 0.3) is 0 Å². The third kappa shape index (κ3) is 5.85. The summed E-state index contributed by atoms with van der Waals surface area (Å²) in [6.07, 6.45) is 4.61. The summed E-state index contributed by atoms with van der Waals surface area (Å²) >= 11 is 0. The molecule has 0 aromatic heterocycles. The van der Waals surface area contributed by atoms with E-state index >= 15 is 0 Å². The number of benzene rings is 3. The lowest BCUT2D eigenvalue weighted by Gasteiger charge is -2.18. The molecule has 0 unspecified atom stereocenters. The molecular weight excluding hydrogens is 396 g/mol. The van der Waals surface area contributed by atoms with Crippen molar-refractivity contribution in [3.63, 3.8) is 0 Å². The highest BCUT2D eigenvalue weighted by atomic mass is 16.2. The second kappa shape index (κ2) is 10.8. The van der Waals surface area contributed by atoms with Crippen molar-refractivity contribution in [2.75, 3.05) is 5.32 Å². The molecule has 4 nitrogen and oxygen atoms in total. The Morgan fingerprint density at radius 3 is 2.06 bits per heavy atom. The third-order valence-electron chi connectivity index (χ3n) is 6.20. The molecule has 2 amide bonds. The molecule has 3 aromatic carbocycles. The maximum atomic E-state index is 12.8. The quantitative estimate of drug-likeness (QED) is 0.489. The Kier molecular flexibility index (Phi) is 7.34. The molecule has 32 heavy (non-hydrogen) atoms. The molecule has 0 saturated heterocycles. The van der Waals surface area contributed by atoms with Crippen molar-refractivity contribution in [3.8, 4) is 0 Å². The molecule has 1 fully saturated rings. The van der Waals surface area contributed by atoms with Crippen molar-refractivity contribution in [2.24, 2.45) is 5.92 Å². The van der Waals surface area contributed by atoms with Crippen LogP contribution in [0.1, 0.15) is 54.7 Å². The third-order valence-corrected chi connectivity index (χ3v) is 6.20. The van der Waals surface area contributed by atoms with Gasteiger partial charge in [0.05, 0.1) is 0 Å². The van der Waals surface area contributed by atoms with Crippen LogP contribution in [-0.4, -0.2) is 11.8 Å². The molecule has 0 bridgehead atoms. The predicted molar refractivity (Wildman–Crippen MR) is 128 cm³/mol. The lowest BCUT2D eigenvalue weighted by atomic mass is 9.88. The number of rotatable bonds is 8. The molecule has 0 spiro atoms. The molecule has 0 radical (unpaired) electrons. The van der Waals surface area contributed by atoms with Gasteiger partial charge in [0.2, 0.25) is 11.8 Å². The molecule has 3 aromatic rings. The molecule has 2 N–H and O–H groups in total. The van der Waals surface area contributed by atoms with E-state index in [1.54, 1.807) is 0 Å². The maximum Gasteiger partial charge on any atom is 0.227 e. The number of carbonyl (C=O) groups excluding carboxylic acids is 2. The van der Waals surface area contributed by atoms with Crippen LogP contribution in [0.2, 0.25) is 0 Å². The van der Waals surface area contributed by atoms with Gasteiger partial charge in [-0.25, -0.2) is 0 Å². The minimum absolute atomic E-state index is 0.00287. The predicted octanol–water partition coefficient (Wildman–Crippen LogP) is 5.65. The highest BCUT2D eigenvalue weighted by molar-refractivity contribution is 5.92. The van der Waals surface area contributed by atoms with E-state index in [4.69, 9.17) is 0 Å². The minimum atomic E-state index is 0.00287. The van der Waals surface area contributed by atoms with Gasteiger partial charge in [0.25, 0.3) is 0 Å². The summed E-state index contributed by atoms with van der Waals surface area (Å²) in [5, 5.41) is 6.09. The van der Waals surface area contributed by atoms with Crippen LogP contribution in [-0.2, 0) is 16.1 Å². The highest BCUT2D eigenvalue weighted by Gasteiger charge is 2.22. The number of hydrogen-bond acceptors (Lipinski definition) is 2. The van der Waals surface area contributed by atoms with E-state index in [-0.39, 0.29) is 23.7 Å². The number of anilines is 1. The van der Waals surface area contributed by atoms with E-state index < -0.39 is 0 Å². The largest absolute Gasteiger partial charge is 0.352 e. The number of amides is 2. The number of nitrogens with one attached hydrogen (secondary N) is 2. The van der Waals surface area contributed by atoms with Crippen molar-refractivity contribution in [2.45, 2.75) is 44.6 Å². The summed E-state index contributed by atoms with van der Waals surface area (Å²) in [4.78, 5) is 25.2. The minimum Gasteiger partial charge on any atom is -0.352 e. The monoisotopic (exact) mass is 426 g/mol. The van der Waals surface area contributed by atoms with E-state index in [9.17, 15) is 9.59 Å². The van der Waals surface area contributed by atoms with Gasteiger partial charge in [-0.2, -0.15) is 0 Å². The van der Waals surface area contributed by atoms with Crippen molar-refractivity contribution in [1.82, 2.24) is 5.32 Å². The fourth-order valence-corrected chi connectivity index (χ4v) is 4.45. The number of hydrogen-bond donors (Lipinski definition) is 2. The van der Waals surface area contributed by atoms with Gasteiger partial charge < -0.3 is 10.6 Å². The zero-order valence-electron chi connectivity index (χ0n) is 18.3. The Morgan fingerprint density at radius 1 is 0.812 bits per heavy atom. The first-order chi connectivity index (χ1) is 15.7. The maximum absolute atomic E-state index is 12.8. The van der Waals surface area contributed by atoms with Crippen molar-refractivity contribution in [1.29, 1.82) is 0 Å². The average molecular weight is 427 g/mol. The lowest BCUT2D eigenvalue weighted by molar-refractivity contribution is -0.121. The van der Waals surface area contributed by atoms with Crippen molar-refractivity contribution in [3.05, 3.63) is 102 Å². The Hall–Kier alpha value is -3.40. The second-order valence-electron chi connectivity index (χ2n) is 8.53. The van der Waals surface area contributed by atoms with Gasteiger partial charge in [-0.1, -0.05) is 85.6 Å². The summed E-state index contributed by atoms with van der Waals surface area (Å²) in [5.74, 6) is 0.251. The van der Waals surface area contributed by atoms with Crippen molar-refractivity contribution >= 4 is 17.5 Å². The standard InChI is InChI=1S/C28H30N2O2/c31-27(19-26(22-11-3-1-4-12-22)23-13-5-2-6-14-23)29-20-21-10-9-17-25(18-21)30-28(32)24-15-7-8-16-24/h1-6,9-14,17-18,24,26H,7-8,15-16,19-20H2,(H,29,31)(H,30,32). The van der Waals surface area contributed by atoms with Gasteiger partial charge in [-0.15, -0.1) is 0 Å². The van der Waals surface area contributed by atoms with Gasteiger partial charge in [-0.3, -0.25) is 9.59 Å². The van der Waals surface area contributed by atoms with E-state index in [0.29, 0.717) is 13.0 Å².